The Hall–Kier alpha value is 1.06. The van der Waals surface area contributed by atoms with Crippen molar-refractivity contribution in [1.82, 2.24) is 0 Å². The first-order valence-electron chi connectivity index (χ1n) is 0.933. The monoisotopic (exact) mass is 132 g/mol. The first kappa shape index (κ1) is 5.06. The fraction of sp³-hybridized carbons (Fsp3) is 0.500. The first-order valence-corrected chi connectivity index (χ1v) is 0.933. The van der Waals surface area contributed by atoms with Gasteiger partial charge in [0, 0.05) is 32.7 Å². The summed E-state index contributed by atoms with van der Waals surface area (Å²) in [6, 6.07) is 0. The van der Waals surface area contributed by atoms with Crippen LogP contribution in [0.1, 0.15) is 0 Å². The molecule has 0 spiro atoms. The Labute approximate surface area is 50.6 Å². The van der Waals surface area contributed by atoms with Gasteiger partial charge in [-0.3, -0.25) is 0 Å². The van der Waals surface area contributed by atoms with E-state index < -0.39 is 0 Å². The second-order valence-corrected chi connectivity index (χ2v) is 0.500. The molecule has 1 nitrogen and oxygen atoms in total. The SMILES string of the molecule is [CH-]1CO1.[Y]. The maximum absolute atomic E-state index is 4.38. The van der Waals surface area contributed by atoms with Gasteiger partial charge in [-0.15, -0.1) is 0 Å². The van der Waals surface area contributed by atoms with E-state index in [1.807, 2.05) is 0 Å². The summed E-state index contributed by atoms with van der Waals surface area (Å²) >= 11 is 0. The van der Waals surface area contributed by atoms with Gasteiger partial charge in [-0.05, 0) is 0 Å². The van der Waals surface area contributed by atoms with Gasteiger partial charge in [0.15, 0.2) is 0 Å². The maximum Gasteiger partial charge on any atom is 0 e. The summed E-state index contributed by atoms with van der Waals surface area (Å²) in [7, 11) is 0. The summed E-state index contributed by atoms with van der Waals surface area (Å²) in [6.07, 6.45) is 0. The van der Waals surface area contributed by atoms with E-state index in [9.17, 15) is 0 Å². The Balaban J connectivity index is 0.0000000900. The molecule has 1 rings (SSSR count). The second-order valence-electron chi connectivity index (χ2n) is 0.500. The molecule has 0 aromatic carbocycles. The number of epoxide rings is 1. The zero-order valence-electron chi connectivity index (χ0n) is 2.27. The fourth-order valence-corrected chi connectivity index (χ4v) is 0. The van der Waals surface area contributed by atoms with Crippen LogP contribution in [0.25, 0.3) is 0 Å². The van der Waals surface area contributed by atoms with Gasteiger partial charge in [-0.2, -0.15) is 6.61 Å². The van der Waals surface area contributed by atoms with Gasteiger partial charge in [0.05, 0.1) is 0 Å². The van der Waals surface area contributed by atoms with E-state index in [1.165, 1.54) is 0 Å². The van der Waals surface area contributed by atoms with Gasteiger partial charge in [0.2, 0.25) is 0 Å². The van der Waals surface area contributed by atoms with Crippen molar-refractivity contribution in [1.29, 1.82) is 0 Å². The van der Waals surface area contributed by atoms with E-state index in [0.717, 1.165) is 6.61 Å². The smallest absolute Gasteiger partial charge is 0 e. The van der Waals surface area contributed by atoms with E-state index in [4.69, 9.17) is 0 Å². The third-order valence-electron chi connectivity index (χ3n) is 0.167. The molecule has 1 saturated heterocycles. The Bertz CT molecular complexity index is 10.8. The van der Waals surface area contributed by atoms with Crippen LogP contribution >= 0.6 is 0 Å². The topological polar surface area (TPSA) is 12.5 Å². The quantitative estimate of drug-likeness (QED) is 0.338. The van der Waals surface area contributed by atoms with Crippen LogP contribution in [0.5, 0.6) is 0 Å². The summed E-state index contributed by atoms with van der Waals surface area (Å²) in [4.78, 5) is 0. The molecule has 0 amide bonds. The molecule has 1 heterocycles. The van der Waals surface area contributed by atoms with Gasteiger partial charge in [-0.25, -0.2) is 0 Å². The van der Waals surface area contributed by atoms with Crippen molar-refractivity contribution in [3.8, 4) is 0 Å². The summed E-state index contributed by atoms with van der Waals surface area (Å²) < 4.78 is 4.38. The molecular weight excluding hydrogens is 129 g/mol. The molecule has 1 radical (unpaired) electrons. The Morgan fingerprint density at radius 1 is 1.75 bits per heavy atom. The molecule has 1 fully saturated rings. The summed E-state index contributed by atoms with van der Waals surface area (Å²) in [5, 5.41) is 0. The molecule has 0 saturated carbocycles. The Morgan fingerprint density at radius 3 is 2.00 bits per heavy atom. The minimum Gasteiger partial charge on any atom is -0.574 e. The maximum atomic E-state index is 4.38. The van der Waals surface area contributed by atoms with Crippen molar-refractivity contribution in [2.75, 3.05) is 6.61 Å². The van der Waals surface area contributed by atoms with Gasteiger partial charge in [0.1, 0.15) is 0 Å². The van der Waals surface area contributed by atoms with E-state index in [0.29, 0.717) is 0 Å². The van der Waals surface area contributed by atoms with E-state index >= 15 is 0 Å². The molecule has 0 aromatic heterocycles. The van der Waals surface area contributed by atoms with Gasteiger partial charge >= 0.3 is 0 Å². The van der Waals surface area contributed by atoms with E-state index in [-0.39, 0.29) is 32.7 Å². The average Bonchev–Trinajstić information content (AvgIpc) is 1.46. The zero-order valence-corrected chi connectivity index (χ0v) is 5.11. The number of hydrogen-bond acceptors (Lipinski definition) is 1. The van der Waals surface area contributed by atoms with Crippen molar-refractivity contribution in [3.63, 3.8) is 0 Å². The summed E-state index contributed by atoms with van der Waals surface area (Å²) in [6.45, 7) is 2.62. The fourth-order valence-electron chi connectivity index (χ4n) is 0. The molecule has 0 aromatic rings. The first-order chi connectivity index (χ1) is 1.50. The molecule has 0 aliphatic carbocycles. The minimum absolute atomic E-state index is 0. The third kappa shape index (κ3) is 3.06. The summed E-state index contributed by atoms with van der Waals surface area (Å²) in [5.74, 6) is 0. The molecule has 0 N–H and O–H groups in total. The molecule has 1 aliphatic rings. The van der Waals surface area contributed by atoms with E-state index in [2.05, 4.69) is 4.74 Å². The van der Waals surface area contributed by atoms with Crippen LogP contribution in [0.15, 0.2) is 0 Å². The van der Waals surface area contributed by atoms with Crippen LogP contribution in [0.3, 0.4) is 0 Å². The van der Waals surface area contributed by atoms with E-state index in [1.54, 1.807) is 6.61 Å². The van der Waals surface area contributed by atoms with Crippen LogP contribution < -0.4 is 0 Å². The number of hydrogen-bond donors (Lipinski definition) is 0. The second kappa shape index (κ2) is 2.31. The normalized spacial score (nSPS) is 18.0. The standard InChI is InChI=1S/C2H3O.Y/c1-2-3-1;/h1H,2H2;/q-1;. The van der Waals surface area contributed by atoms with Crippen molar-refractivity contribution in [2.24, 2.45) is 0 Å². The molecule has 1 aliphatic heterocycles. The van der Waals surface area contributed by atoms with Crippen molar-refractivity contribution >= 4 is 0 Å². The molecule has 0 bridgehead atoms. The predicted octanol–water partition coefficient (Wildman–Crippen LogP) is 0.176. The van der Waals surface area contributed by atoms with Crippen LogP contribution in [-0.4, -0.2) is 6.61 Å². The Morgan fingerprint density at radius 2 is 2.00 bits per heavy atom. The van der Waals surface area contributed by atoms with Crippen LogP contribution in [0.4, 0.5) is 0 Å². The number of ether oxygens (including phenoxy) is 1. The average molecular weight is 132 g/mol. The largest absolute Gasteiger partial charge is 0.574 e. The van der Waals surface area contributed by atoms with Gasteiger partial charge in [0.25, 0.3) is 0 Å². The molecule has 0 atom stereocenters. The van der Waals surface area contributed by atoms with Gasteiger partial charge in [-0.1, -0.05) is 6.61 Å². The molecular formula is C2H3OY-. The van der Waals surface area contributed by atoms with Crippen LogP contribution in [0, 0.1) is 6.61 Å². The molecule has 2 heteroatoms. The van der Waals surface area contributed by atoms with Crippen molar-refractivity contribution in [2.45, 2.75) is 0 Å². The van der Waals surface area contributed by atoms with Crippen LogP contribution in [-0.2, 0) is 37.4 Å². The predicted molar refractivity (Wildman–Crippen MR) is 10.3 cm³/mol. The molecule has 21 valence electrons. The zero-order chi connectivity index (χ0) is 2.12. The van der Waals surface area contributed by atoms with Crippen LogP contribution in [0.2, 0.25) is 0 Å². The molecule has 0 unspecified atom stereocenters. The Kier molecular flexibility index (Phi) is 2.92. The minimum atomic E-state index is 0. The summed E-state index contributed by atoms with van der Waals surface area (Å²) in [5.41, 5.74) is 0. The number of rotatable bonds is 0. The molecule has 4 heavy (non-hydrogen) atoms. The van der Waals surface area contributed by atoms with Crippen molar-refractivity contribution in [3.05, 3.63) is 6.61 Å². The van der Waals surface area contributed by atoms with Gasteiger partial charge < -0.3 is 4.74 Å². The third-order valence-corrected chi connectivity index (χ3v) is 0.167. The van der Waals surface area contributed by atoms with Crippen molar-refractivity contribution < 1.29 is 37.4 Å².